The molecule has 1 aliphatic rings. The van der Waals surface area contributed by atoms with E-state index in [0.717, 1.165) is 37.8 Å². The van der Waals surface area contributed by atoms with Gasteiger partial charge in [-0.05, 0) is 37.5 Å². The molecule has 0 bridgehead atoms. The molecule has 1 saturated carbocycles. The molecule has 1 aromatic rings. The largest absolute Gasteiger partial charge is 0.416 e. The highest BCUT2D eigenvalue weighted by molar-refractivity contribution is 5.78. The normalized spacial score (nSPS) is 16.2. The summed E-state index contributed by atoms with van der Waals surface area (Å²) < 4.78 is 37.7. The van der Waals surface area contributed by atoms with Crippen molar-refractivity contribution >= 4 is 11.9 Å². The van der Waals surface area contributed by atoms with Gasteiger partial charge in [0, 0.05) is 19.0 Å². The van der Waals surface area contributed by atoms with Crippen LogP contribution < -0.4 is 16.0 Å². The van der Waals surface area contributed by atoms with Crippen molar-refractivity contribution in [3.05, 3.63) is 35.4 Å². The van der Waals surface area contributed by atoms with Crippen LogP contribution in [0.1, 0.15) is 56.2 Å². The fraction of sp³-hybridized carbons (Fsp3) is 0.556. The van der Waals surface area contributed by atoms with Crippen LogP contribution in [0.5, 0.6) is 0 Å². The first kappa shape index (κ1) is 20.1. The monoisotopic (exact) mass is 371 g/mol. The molecule has 5 nitrogen and oxygen atoms in total. The van der Waals surface area contributed by atoms with Gasteiger partial charge in [0.05, 0.1) is 11.6 Å². The number of halogens is 3. The maximum absolute atomic E-state index is 12.6. The lowest BCUT2D eigenvalue weighted by atomic mass is 10.1. The van der Waals surface area contributed by atoms with Crippen LogP contribution in [0.2, 0.25) is 0 Å². The Hall–Kier alpha value is -2.25. The van der Waals surface area contributed by atoms with Crippen LogP contribution in [0.4, 0.5) is 18.0 Å². The molecular weight excluding hydrogens is 347 g/mol. The number of hydrogen-bond donors (Lipinski definition) is 3. The minimum atomic E-state index is -4.38. The zero-order valence-corrected chi connectivity index (χ0v) is 14.7. The Morgan fingerprint density at radius 2 is 1.77 bits per heavy atom. The van der Waals surface area contributed by atoms with Gasteiger partial charge >= 0.3 is 12.2 Å². The average Bonchev–Trinajstić information content (AvgIpc) is 3.07. The summed E-state index contributed by atoms with van der Waals surface area (Å²) in [6.45, 7) is 1.87. The highest BCUT2D eigenvalue weighted by Crippen LogP contribution is 2.29. The highest BCUT2D eigenvalue weighted by atomic mass is 19.4. The predicted molar refractivity (Wildman–Crippen MR) is 91.4 cm³/mol. The van der Waals surface area contributed by atoms with Gasteiger partial charge in [0.1, 0.15) is 0 Å². The maximum Gasteiger partial charge on any atom is 0.416 e. The van der Waals surface area contributed by atoms with E-state index >= 15 is 0 Å². The van der Waals surface area contributed by atoms with Gasteiger partial charge in [0.2, 0.25) is 5.91 Å². The van der Waals surface area contributed by atoms with Crippen LogP contribution >= 0.6 is 0 Å². The second-order valence-corrected chi connectivity index (χ2v) is 6.54. The van der Waals surface area contributed by atoms with Crippen LogP contribution in [-0.4, -0.2) is 24.5 Å². The Morgan fingerprint density at radius 1 is 1.15 bits per heavy atom. The van der Waals surface area contributed by atoms with Gasteiger partial charge in [-0.1, -0.05) is 25.0 Å². The smallest absolute Gasteiger partial charge is 0.353 e. The third kappa shape index (κ3) is 6.24. The van der Waals surface area contributed by atoms with Crippen molar-refractivity contribution in [3.63, 3.8) is 0 Å². The molecule has 1 atom stereocenters. The van der Waals surface area contributed by atoms with Crippen molar-refractivity contribution in [1.29, 1.82) is 0 Å². The Morgan fingerprint density at radius 3 is 2.35 bits per heavy atom. The van der Waals surface area contributed by atoms with E-state index in [-0.39, 0.29) is 24.9 Å². The summed E-state index contributed by atoms with van der Waals surface area (Å²) in [7, 11) is 0. The first-order chi connectivity index (χ1) is 12.3. The fourth-order valence-corrected chi connectivity index (χ4v) is 2.95. The third-order valence-electron chi connectivity index (χ3n) is 4.44. The van der Waals surface area contributed by atoms with Gasteiger partial charge in [0.25, 0.3) is 0 Å². The summed E-state index contributed by atoms with van der Waals surface area (Å²) >= 11 is 0. The number of amides is 3. The van der Waals surface area contributed by atoms with Gasteiger partial charge < -0.3 is 16.0 Å². The molecule has 8 heteroatoms. The molecule has 1 aliphatic carbocycles. The molecule has 0 aliphatic heterocycles. The number of alkyl halides is 3. The zero-order valence-electron chi connectivity index (χ0n) is 14.7. The first-order valence-corrected chi connectivity index (χ1v) is 8.76. The number of benzene rings is 1. The lowest BCUT2D eigenvalue weighted by molar-refractivity contribution is -0.137. The molecule has 1 aromatic carbocycles. The van der Waals surface area contributed by atoms with Crippen LogP contribution in [0.3, 0.4) is 0 Å². The number of carbonyl (C=O) groups excluding carboxylic acids is 2. The van der Waals surface area contributed by atoms with E-state index in [0.29, 0.717) is 5.56 Å². The van der Waals surface area contributed by atoms with Crippen molar-refractivity contribution in [3.8, 4) is 0 Å². The summed E-state index contributed by atoms with van der Waals surface area (Å²) in [5, 5.41) is 8.16. The molecule has 3 N–H and O–H groups in total. The minimum absolute atomic E-state index is 0.0898. The SMILES string of the molecule is CC(NC(=O)NCCC(=O)NC1CCCC1)c1ccc(C(F)(F)F)cc1. The molecule has 0 radical (unpaired) electrons. The van der Waals surface area contributed by atoms with E-state index in [4.69, 9.17) is 0 Å². The van der Waals surface area contributed by atoms with E-state index in [1.165, 1.54) is 12.1 Å². The second kappa shape index (κ2) is 8.91. The molecule has 144 valence electrons. The zero-order chi connectivity index (χ0) is 19.2. The van der Waals surface area contributed by atoms with Crippen molar-refractivity contribution < 1.29 is 22.8 Å². The number of nitrogens with one attached hydrogen (secondary N) is 3. The molecule has 0 spiro atoms. The first-order valence-electron chi connectivity index (χ1n) is 8.76. The molecule has 26 heavy (non-hydrogen) atoms. The lowest BCUT2D eigenvalue weighted by Gasteiger charge is -2.16. The number of hydrogen-bond acceptors (Lipinski definition) is 2. The Labute approximate surface area is 150 Å². The topological polar surface area (TPSA) is 70.2 Å². The van der Waals surface area contributed by atoms with Crippen LogP contribution in [0, 0.1) is 0 Å². The molecule has 1 fully saturated rings. The molecule has 1 unspecified atom stereocenters. The van der Waals surface area contributed by atoms with E-state index in [1.807, 2.05) is 0 Å². The minimum Gasteiger partial charge on any atom is -0.353 e. The van der Waals surface area contributed by atoms with Gasteiger partial charge in [0.15, 0.2) is 0 Å². The molecule has 3 amide bonds. The van der Waals surface area contributed by atoms with Crippen LogP contribution in [0.15, 0.2) is 24.3 Å². The lowest BCUT2D eigenvalue weighted by Crippen LogP contribution is -2.40. The molecule has 2 rings (SSSR count). The standard InChI is InChI=1S/C18H24F3N3O2/c1-12(13-6-8-14(9-7-13)18(19,20)21)23-17(26)22-11-10-16(25)24-15-4-2-3-5-15/h6-9,12,15H,2-5,10-11H2,1H3,(H,24,25)(H2,22,23,26). The fourth-order valence-electron chi connectivity index (χ4n) is 2.95. The Kier molecular flexibility index (Phi) is 6.88. The number of rotatable bonds is 6. The van der Waals surface area contributed by atoms with Crippen molar-refractivity contribution in [1.82, 2.24) is 16.0 Å². The number of carbonyl (C=O) groups is 2. The van der Waals surface area contributed by atoms with Gasteiger partial charge in [-0.3, -0.25) is 4.79 Å². The van der Waals surface area contributed by atoms with E-state index in [1.54, 1.807) is 6.92 Å². The van der Waals surface area contributed by atoms with Crippen molar-refractivity contribution in [2.24, 2.45) is 0 Å². The average molecular weight is 371 g/mol. The molecule has 0 heterocycles. The quantitative estimate of drug-likeness (QED) is 0.716. The van der Waals surface area contributed by atoms with E-state index in [2.05, 4.69) is 16.0 Å². The summed E-state index contributed by atoms with van der Waals surface area (Å²) in [6.07, 6.45) is 0.0830. The predicted octanol–water partition coefficient (Wildman–Crippen LogP) is 3.51. The number of urea groups is 1. The third-order valence-corrected chi connectivity index (χ3v) is 4.44. The van der Waals surface area contributed by atoms with Crippen LogP contribution in [-0.2, 0) is 11.0 Å². The van der Waals surface area contributed by atoms with Gasteiger partial charge in [-0.15, -0.1) is 0 Å². The maximum atomic E-state index is 12.6. The molecule has 0 saturated heterocycles. The van der Waals surface area contributed by atoms with Crippen molar-refractivity contribution in [2.45, 2.75) is 57.3 Å². The van der Waals surface area contributed by atoms with Crippen LogP contribution in [0.25, 0.3) is 0 Å². The van der Waals surface area contributed by atoms with E-state index < -0.39 is 23.8 Å². The summed E-state index contributed by atoms with van der Waals surface area (Å²) in [5.74, 6) is -0.0898. The summed E-state index contributed by atoms with van der Waals surface area (Å²) in [5.41, 5.74) is -0.168. The van der Waals surface area contributed by atoms with Gasteiger partial charge in [-0.2, -0.15) is 13.2 Å². The second-order valence-electron chi connectivity index (χ2n) is 6.54. The highest BCUT2D eigenvalue weighted by Gasteiger charge is 2.30. The van der Waals surface area contributed by atoms with E-state index in [9.17, 15) is 22.8 Å². The summed E-state index contributed by atoms with van der Waals surface area (Å²) in [4.78, 5) is 23.6. The summed E-state index contributed by atoms with van der Waals surface area (Å²) in [6, 6.07) is 3.97. The molecular formula is C18H24F3N3O2. The van der Waals surface area contributed by atoms with Gasteiger partial charge in [-0.25, -0.2) is 4.79 Å². The Bertz CT molecular complexity index is 611. The Balaban J connectivity index is 1.70. The van der Waals surface area contributed by atoms with Crippen molar-refractivity contribution in [2.75, 3.05) is 6.54 Å². The molecule has 0 aromatic heterocycles.